The van der Waals surface area contributed by atoms with Gasteiger partial charge >= 0.3 is 0 Å². The third kappa shape index (κ3) is 2.64. The third-order valence-corrected chi connectivity index (χ3v) is 2.55. The number of nitrogen functional groups attached to an aromatic ring is 1. The number of nitrogens with one attached hydrogen (secondary N) is 1. The van der Waals surface area contributed by atoms with Crippen LogP contribution in [0.1, 0.15) is 26.5 Å². The van der Waals surface area contributed by atoms with Crippen LogP contribution in [0, 0.1) is 5.41 Å². The maximum Gasteiger partial charge on any atom is 0.153 e. The first-order valence-corrected chi connectivity index (χ1v) is 5.70. The van der Waals surface area contributed by atoms with Gasteiger partial charge in [0.1, 0.15) is 0 Å². The molecule has 0 aliphatic rings. The number of aromatic nitrogens is 3. The van der Waals surface area contributed by atoms with E-state index >= 15 is 0 Å². The van der Waals surface area contributed by atoms with Crippen molar-refractivity contribution in [1.29, 1.82) is 0 Å². The van der Waals surface area contributed by atoms with E-state index in [2.05, 4.69) is 36.0 Å². The van der Waals surface area contributed by atoms with Crippen LogP contribution in [0.25, 0.3) is 11.1 Å². The second kappa shape index (κ2) is 4.20. The van der Waals surface area contributed by atoms with Gasteiger partial charge in [0, 0.05) is 23.7 Å². The van der Waals surface area contributed by atoms with Crippen molar-refractivity contribution in [3.8, 4) is 11.1 Å². The van der Waals surface area contributed by atoms with Crippen molar-refractivity contribution in [3.63, 3.8) is 0 Å². The Kier molecular flexibility index (Phi) is 2.88. The molecule has 2 heterocycles. The number of nitrogens with two attached hydrogens (primary N) is 1. The number of pyridine rings is 1. The Labute approximate surface area is 101 Å². The first-order chi connectivity index (χ1) is 7.97. The molecule has 0 saturated carbocycles. The van der Waals surface area contributed by atoms with Crippen LogP contribution in [0.15, 0.2) is 24.5 Å². The maximum absolute atomic E-state index is 5.93. The molecule has 0 saturated heterocycles. The van der Waals surface area contributed by atoms with Gasteiger partial charge < -0.3 is 5.73 Å². The molecule has 4 nitrogen and oxygen atoms in total. The molecule has 4 heteroatoms. The first-order valence-electron chi connectivity index (χ1n) is 5.70. The second-order valence-corrected chi connectivity index (χ2v) is 5.44. The lowest BCUT2D eigenvalue weighted by Crippen LogP contribution is -2.10. The molecular weight excluding hydrogens is 212 g/mol. The zero-order valence-corrected chi connectivity index (χ0v) is 10.5. The molecule has 0 radical (unpaired) electrons. The van der Waals surface area contributed by atoms with Gasteiger partial charge in [-0.15, -0.1) is 0 Å². The molecule has 0 bridgehead atoms. The summed E-state index contributed by atoms with van der Waals surface area (Å²) in [5.74, 6) is 0.551. The lowest BCUT2D eigenvalue weighted by molar-refractivity contribution is 0.406. The fourth-order valence-corrected chi connectivity index (χ4v) is 1.89. The summed E-state index contributed by atoms with van der Waals surface area (Å²) in [7, 11) is 0. The Morgan fingerprint density at radius 3 is 2.47 bits per heavy atom. The summed E-state index contributed by atoms with van der Waals surface area (Å²) in [5.41, 5.74) is 9.27. The summed E-state index contributed by atoms with van der Waals surface area (Å²) in [4.78, 5) is 4.02. The standard InChI is InChI=1S/C13H18N4/c1-13(2,3)8-10-11(12(14)17-16-10)9-4-6-15-7-5-9/h4-7H,8H2,1-3H3,(H3,14,16,17). The molecule has 2 rings (SSSR count). The van der Waals surface area contributed by atoms with E-state index in [1.54, 1.807) is 12.4 Å². The Morgan fingerprint density at radius 1 is 1.24 bits per heavy atom. The molecule has 90 valence electrons. The average Bonchev–Trinajstić information content (AvgIpc) is 2.58. The van der Waals surface area contributed by atoms with Crippen molar-refractivity contribution in [2.24, 2.45) is 5.41 Å². The highest BCUT2D eigenvalue weighted by Crippen LogP contribution is 2.31. The van der Waals surface area contributed by atoms with Crippen LogP contribution in [-0.4, -0.2) is 15.2 Å². The number of aromatic amines is 1. The van der Waals surface area contributed by atoms with Gasteiger partial charge in [-0.25, -0.2) is 0 Å². The fourth-order valence-electron chi connectivity index (χ4n) is 1.89. The van der Waals surface area contributed by atoms with E-state index in [4.69, 9.17) is 5.73 Å². The van der Waals surface area contributed by atoms with Gasteiger partial charge in [0.05, 0.1) is 0 Å². The monoisotopic (exact) mass is 230 g/mol. The fraction of sp³-hybridized carbons (Fsp3) is 0.385. The first kappa shape index (κ1) is 11.6. The van der Waals surface area contributed by atoms with Gasteiger partial charge in [0.2, 0.25) is 0 Å². The molecule has 17 heavy (non-hydrogen) atoms. The van der Waals surface area contributed by atoms with Crippen LogP contribution in [0.5, 0.6) is 0 Å². The van der Waals surface area contributed by atoms with E-state index in [1.807, 2.05) is 12.1 Å². The van der Waals surface area contributed by atoms with E-state index in [0.29, 0.717) is 5.82 Å². The van der Waals surface area contributed by atoms with Crippen molar-refractivity contribution in [2.75, 3.05) is 5.73 Å². The topological polar surface area (TPSA) is 67.6 Å². The minimum Gasteiger partial charge on any atom is -0.382 e. The number of nitrogens with zero attached hydrogens (tertiary/aromatic N) is 2. The number of H-pyrrole nitrogens is 1. The lowest BCUT2D eigenvalue weighted by atomic mass is 9.88. The predicted octanol–water partition coefficient (Wildman–Crippen LogP) is 2.64. The zero-order chi connectivity index (χ0) is 12.5. The molecule has 3 N–H and O–H groups in total. The highest BCUT2D eigenvalue weighted by Gasteiger charge is 2.19. The maximum atomic E-state index is 5.93. The van der Waals surface area contributed by atoms with Crippen molar-refractivity contribution in [1.82, 2.24) is 15.2 Å². The van der Waals surface area contributed by atoms with Crippen molar-refractivity contribution >= 4 is 5.82 Å². The third-order valence-electron chi connectivity index (χ3n) is 2.55. The van der Waals surface area contributed by atoms with Crippen LogP contribution >= 0.6 is 0 Å². The summed E-state index contributed by atoms with van der Waals surface area (Å²) in [6, 6.07) is 3.90. The second-order valence-electron chi connectivity index (χ2n) is 5.44. The lowest BCUT2D eigenvalue weighted by Gasteiger charge is -2.17. The molecule has 0 unspecified atom stereocenters. The average molecular weight is 230 g/mol. The quantitative estimate of drug-likeness (QED) is 0.833. The Balaban J connectivity index is 2.44. The predicted molar refractivity (Wildman–Crippen MR) is 69.4 cm³/mol. The molecule has 0 aromatic carbocycles. The molecule has 0 aliphatic heterocycles. The molecule has 2 aromatic heterocycles. The van der Waals surface area contributed by atoms with Crippen molar-refractivity contribution < 1.29 is 0 Å². The van der Waals surface area contributed by atoms with Crippen molar-refractivity contribution in [3.05, 3.63) is 30.2 Å². The highest BCUT2D eigenvalue weighted by molar-refractivity contribution is 5.75. The molecular formula is C13H18N4. The van der Waals surface area contributed by atoms with Gasteiger partial charge in [0.25, 0.3) is 0 Å². The van der Waals surface area contributed by atoms with Gasteiger partial charge in [0.15, 0.2) is 5.82 Å². The van der Waals surface area contributed by atoms with E-state index in [9.17, 15) is 0 Å². The minimum atomic E-state index is 0.195. The molecule has 0 aliphatic carbocycles. The molecule has 0 amide bonds. The Morgan fingerprint density at radius 2 is 1.88 bits per heavy atom. The number of hydrogen-bond donors (Lipinski definition) is 2. The van der Waals surface area contributed by atoms with Crippen LogP contribution in [-0.2, 0) is 6.42 Å². The highest BCUT2D eigenvalue weighted by atomic mass is 15.2. The van der Waals surface area contributed by atoms with Crippen molar-refractivity contribution in [2.45, 2.75) is 27.2 Å². The van der Waals surface area contributed by atoms with E-state index in [1.165, 1.54) is 0 Å². The molecule has 0 spiro atoms. The normalized spacial score (nSPS) is 11.7. The van der Waals surface area contributed by atoms with Gasteiger partial charge in [-0.2, -0.15) is 5.10 Å². The number of rotatable bonds is 2. The van der Waals surface area contributed by atoms with Crippen LogP contribution in [0.4, 0.5) is 5.82 Å². The summed E-state index contributed by atoms with van der Waals surface area (Å²) >= 11 is 0. The zero-order valence-electron chi connectivity index (χ0n) is 10.5. The van der Waals surface area contributed by atoms with Gasteiger partial charge in [-0.1, -0.05) is 20.8 Å². The summed E-state index contributed by atoms with van der Waals surface area (Å²) in [5, 5.41) is 7.14. The SMILES string of the molecule is CC(C)(C)Cc1[nH]nc(N)c1-c1ccncc1. The molecule has 2 aromatic rings. The van der Waals surface area contributed by atoms with Gasteiger partial charge in [-0.3, -0.25) is 10.1 Å². The smallest absolute Gasteiger partial charge is 0.153 e. The Hall–Kier alpha value is -1.84. The Bertz CT molecular complexity index is 494. The minimum absolute atomic E-state index is 0.195. The summed E-state index contributed by atoms with van der Waals surface area (Å²) < 4.78 is 0. The van der Waals surface area contributed by atoms with E-state index < -0.39 is 0 Å². The van der Waals surface area contributed by atoms with Gasteiger partial charge in [-0.05, 0) is 29.5 Å². The van der Waals surface area contributed by atoms with E-state index in [0.717, 1.165) is 23.2 Å². The summed E-state index contributed by atoms with van der Waals surface area (Å²) in [6.45, 7) is 6.58. The molecule has 0 atom stereocenters. The van der Waals surface area contributed by atoms with Crippen LogP contribution < -0.4 is 5.73 Å². The number of hydrogen-bond acceptors (Lipinski definition) is 3. The van der Waals surface area contributed by atoms with Crippen LogP contribution in [0.3, 0.4) is 0 Å². The van der Waals surface area contributed by atoms with E-state index in [-0.39, 0.29) is 5.41 Å². The largest absolute Gasteiger partial charge is 0.382 e. The van der Waals surface area contributed by atoms with Crippen LogP contribution in [0.2, 0.25) is 0 Å². The summed E-state index contributed by atoms with van der Waals surface area (Å²) in [6.07, 6.45) is 4.44. The number of anilines is 1. The molecule has 0 fully saturated rings.